The Morgan fingerprint density at radius 2 is 2.33 bits per heavy atom. The second-order valence-electron chi connectivity index (χ2n) is 4.27. The Hall–Kier alpha value is -1.33. The molecule has 0 fully saturated rings. The molecule has 0 radical (unpaired) electrons. The zero-order valence-corrected chi connectivity index (χ0v) is 9.03. The lowest BCUT2D eigenvalue weighted by Crippen LogP contribution is -2.34. The topological polar surface area (TPSA) is 35.8 Å². The predicted octanol–water partition coefficient (Wildman–Crippen LogP) is 2.22. The van der Waals surface area contributed by atoms with E-state index in [2.05, 4.69) is 42.6 Å². The summed E-state index contributed by atoms with van der Waals surface area (Å²) in [6.45, 7) is 3.06. The number of hydrogen-bond acceptors (Lipinski definition) is 2. The van der Waals surface area contributed by atoms with Crippen LogP contribution in [0.3, 0.4) is 0 Å². The second-order valence-corrected chi connectivity index (χ2v) is 4.27. The molecule has 2 heteroatoms. The summed E-state index contributed by atoms with van der Waals surface area (Å²) >= 11 is 0. The maximum Gasteiger partial charge on any atom is 0.0638 e. The average Bonchev–Trinajstić information content (AvgIpc) is 2.20. The van der Waals surface area contributed by atoms with Crippen LogP contribution in [0, 0.1) is 11.3 Å². The molecule has 0 amide bonds. The van der Waals surface area contributed by atoms with E-state index in [-0.39, 0.29) is 0 Å². The molecule has 1 aliphatic rings. The first-order chi connectivity index (χ1) is 7.31. The Morgan fingerprint density at radius 3 is 3.07 bits per heavy atom. The van der Waals surface area contributed by atoms with Gasteiger partial charge in [-0.25, -0.2) is 0 Å². The average molecular weight is 200 g/mol. The van der Waals surface area contributed by atoms with Crippen LogP contribution in [0.5, 0.6) is 0 Å². The van der Waals surface area contributed by atoms with E-state index in [9.17, 15) is 0 Å². The van der Waals surface area contributed by atoms with Crippen LogP contribution in [0.4, 0.5) is 0 Å². The molecule has 0 bridgehead atoms. The number of fused-ring (bicyclic) bond motifs is 1. The van der Waals surface area contributed by atoms with E-state index in [4.69, 9.17) is 5.26 Å². The standard InChI is InChI=1S/C13H16N2/c1-10(6-7-14)15-9-12-8-11-4-2-3-5-13(11)12/h2-5,10,12,15H,6,8-9H2,1H3. The van der Waals surface area contributed by atoms with Crippen molar-refractivity contribution in [3.05, 3.63) is 35.4 Å². The first-order valence-electron chi connectivity index (χ1n) is 5.49. The van der Waals surface area contributed by atoms with E-state index >= 15 is 0 Å². The van der Waals surface area contributed by atoms with Gasteiger partial charge in [0.1, 0.15) is 0 Å². The normalized spacial score (nSPS) is 19.9. The van der Waals surface area contributed by atoms with Gasteiger partial charge in [-0.15, -0.1) is 0 Å². The first-order valence-corrected chi connectivity index (χ1v) is 5.49. The molecule has 1 aromatic rings. The molecule has 0 spiro atoms. The molecule has 1 aromatic carbocycles. The van der Waals surface area contributed by atoms with Crippen molar-refractivity contribution in [2.24, 2.45) is 0 Å². The molecule has 78 valence electrons. The Bertz CT molecular complexity index is 378. The van der Waals surface area contributed by atoms with Crippen molar-refractivity contribution in [2.75, 3.05) is 6.54 Å². The van der Waals surface area contributed by atoms with Crippen molar-refractivity contribution in [3.63, 3.8) is 0 Å². The fourth-order valence-electron chi connectivity index (χ4n) is 2.10. The van der Waals surface area contributed by atoms with Gasteiger partial charge >= 0.3 is 0 Å². The van der Waals surface area contributed by atoms with Crippen molar-refractivity contribution < 1.29 is 0 Å². The molecule has 1 aliphatic carbocycles. The Morgan fingerprint density at radius 1 is 1.53 bits per heavy atom. The SMILES string of the molecule is CC(CC#N)NCC1Cc2ccccc21. The van der Waals surface area contributed by atoms with Gasteiger partial charge in [-0.3, -0.25) is 0 Å². The van der Waals surface area contributed by atoms with Crippen molar-refractivity contribution in [3.8, 4) is 6.07 Å². The molecule has 2 atom stereocenters. The molecule has 2 nitrogen and oxygen atoms in total. The highest BCUT2D eigenvalue weighted by molar-refractivity contribution is 5.40. The van der Waals surface area contributed by atoms with Gasteiger partial charge in [0, 0.05) is 18.5 Å². The fraction of sp³-hybridized carbons (Fsp3) is 0.462. The van der Waals surface area contributed by atoms with Crippen molar-refractivity contribution in [1.82, 2.24) is 5.32 Å². The summed E-state index contributed by atoms with van der Waals surface area (Å²) in [5.74, 6) is 0.655. The van der Waals surface area contributed by atoms with Crippen LogP contribution in [0.15, 0.2) is 24.3 Å². The molecular formula is C13H16N2. The lowest BCUT2D eigenvalue weighted by Gasteiger charge is -2.31. The van der Waals surface area contributed by atoms with Crippen LogP contribution in [0.1, 0.15) is 30.4 Å². The maximum atomic E-state index is 8.54. The number of hydrogen-bond donors (Lipinski definition) is 1. The third kappa shape index (κ3) is 2.19. The van der Waals surface area contributed by atoms with Crippen molar-refractivity contribution >= 4 is 0 Å². The highest BCUT2D eigenvalue weighted by Crippen LogP contribution is 2.34. The van der Waals surface area contributed by atoms with E-state index < -0.39 is 0 Å². The van der Waals surface area contributed by atoms with Gasteiger partial charge in [0.15, 0.2) is 0 Å². The third-order valence-corrected chi connectivity index (χ3v) is 3.07. The molecule has 0 saturated heterocycles. The van der Waals surface area contributed by atoms with E-state index in [1.807, 2.05) is 0 Å². The number of nitrogens with zero attached hydrogens (tertiary/aromatic N) is 1. The minimum atomic E-state index is 0.308. The molecule has 15 heavy (non-hydrogen) atoms. The molecule has 2 unspecified atom stereocenters. The Labute approximate surface area is 90.9 Å². The molecule has 0 aromatic heterocycles. The van der Waals surface area contributed by atoms with Crippen molar-refractivity contribution in [2.45, 2.75) is 31.7 Å². The summed E-state index contributed by atoms with van der Waals surface area (Å²) in [6.07, 6.45) is 1.77. The monoisotopic (exact) mass is 200 g/mol. The minimum Gasteiger partial charge on any atom is -0.313 e. The maximum absolute atomic E-state index is 8.54. The number of rotatable bonds is 4. The van der Waals surface area contributed by atoms with Crippen molar-refractivity contribution in [1.29, 1.82) is 5.26 Å². The molecule has 0 aliphatic heterocycles. The second kappa shape index (κ2) is 4.46. The Kier molecular flexibility index (Phi) is 3.03. The molecular weight excluding hydrogens is 184 g/mol. The van der Waals surface area contributed by atoms with Gasteiger partial charge in [-0.05, 0) is 24.5 Å². The molecule has 1 N–H and O–H groups in total. The highest BCUT2D eigenvalue weighted by atomic mass is 14.9. The summed E-state index contributed by atoms with van der Waals surface area (Å²) in [6, 6.07) is 11.1. The van der Waals surface area contributed by atoms with Crippen LogP contribution >= 0.6 is 0 Å². The summed E-state index contributed by atoms with van der Waals surface area (Å²) < 4.78 is 0. The van der Waals surface area contributed by atoms with Crippen LogP contribution < -0.4 is 5.32 Å². The van der Waals surface area contributed by atoms with E-state index in [0.717, 1.165) is 6.54 Å². The van der Waals surface area contributed by atoms with Crippen LogP contribution in [0.2, 0.25) is 0 Å². The number of nitriles is 1. The summed E-state index contributed by atoms with van der Waals surface area (Å²) in [7, 11) is 0. The minimum absolute atomic E-state index is 0.308. The summed E-state index contributed by atoms with van der Waals surface area (Å²) in [4.78, 5) is 0. The number of benzene rings is 1. The summed E-state index contributed by atoms with van der Waals surface area (Å²) in [5.41, 5.74) is 2.96. The molecule has 0 heterocycles. The quantitative estimate of drug-likeness (QED) is 0.809. The largest absolute Gasteiger partial charge is 0.313 e. The van der Waals surface area contributed by atoms with Gasteiger partial charge < -0.3 is 5.32 Å². The predicted molar refractivity (Wildman–Crippen MR) is 60.6 cm³/mol. The van der Waals surface area contributed by atoms with Crippen LogP contribution in [0.25, 0.3) is 0 Å². The van der Waals surface area contributed by atoms with E-state index in [0.29, 0.717) is 18.4 Å². The lowest BCUT2D eigenvalue weighted by molar-refractivity contribution is 0.482. The smallest absolute Gasteiger partial charge is 0.0638 e. The molecule has 0 saturated carbocycles. The van der Waals surface area contributed by atoms with Gasteiger partial charge in [0.25, 0.3) is 0 Å². The first kappa shape index (κ1) is 10.2. The van der Waals surface area contributed by atoms with Gasteiger partial charge in [-0.2, -0.15) is 5.26 Å². The van der Waals surface area contributed by atoms with Crippen LogP contribution in [-0.2, 0) is 6.42 Å². The summed E-state index contributed by atoms with van der Waals surface area (Å²) in [5, 5.41) is 11.9. The van der Waals surface area contributed by atoms with Gasteiger partial charge in [0.05, 0.1) is 12.5 Å². The fourth-order valence-corrected chi connectivity index (χ4v) is 2.10. The molecule has 2 rings (SSSR count). The zero-order chi connectivity index (χ0) is 10.7. The highest BCUT2D eigenvalue weighted by Gasteiger charge is 2.24. The van der Waals surface area contributed by atoms with Gasteiger partial charge in [-0.1, -0.05) is 24.3 Å². The van der Waals surface area contributed by atoms with Crippen LogP contribution in [-0.4, -0.2) is 12.6 Å². The van der Waals surface area contributed by atoms with E-state index in [1.54, 1.807) is 0 Å². The van der Waals surface area contributed by atoms with E-state index in [1.165, 1.54) is 17.5 Å². The van der Waals surface area contributed by atoms with Gasteiger partial charge in [0.2, 0.25) is 0 Å². The lowest BCUT2D eigenvalue weighted by atomic mass is 9.77. The Balaban J connectivity index is 1.83. The zero-order valence-electron chi connectivity index (χ0n) is 9.03. The number of nitrogens with one attached hydrogen (secondary N) is 1. The third-order valence-electron chi connectivity index (χ3n) is 3.07.